The summed E-state index contributed by atoms with van der Waals surface area (Å²) in [6.45, 7) is 2.33. The summed E-state index contributed by atoms with van der Waals surface area (Å²) in [6.07, 6.45) is 2.13. The van der Waals surface area contributed by atoms with Crippen LogP contribution in [0, 0.1) is 18.8 Å². The smallest absolute Gasteiger partial charge is 0.267 e. The first-order chi connectivity index (χ1) is 9.69. The number of hydrogen-bond donors (Lipinski definition) is 1. The van der Waals surface area contributed by atoms with Crippen molar-refractivity contribution in [2.24, 2.45) is 0 Å². The Labute approximate surface area is 117 Å². The molecule has 2 aromatic rings. The van der Waals surface area contributed by atoms with E-state index in [-0.39, 0.29) is 12.2 Å². The molecule has 4 nitrogen and oxygen atoms in total. The van der Waals surface area contributed by atoms with E-state index in [1.807, 2.05) is 31.2 Å². The van der Waals surface area contributed by atoms with Gasteiger partial charge in [0.05, 0.1) is 19.3 Å². The average molecular weight is 268 g/mol. The first kappa shape index (κ1) is 14.0. The lowest BCUT2D eigenvalue weighted by Crippen LogP contribution is -2.22. The van der Waals surface area contributed by atoms with Crippen molar-refractivity contribution >= 4 is 0 Å². The first-order valence-corrected chi connectivity index (χ1v) is 6.41. The Morgan fingerprint density at radius 1 is 1.35 bits per heavy atom. The molecule has 4 heteroatoms. The van der Waals surface area contributed by atoms with Gasteiger partial charge in [-0.3, -0.25) is 4.79 Å². The molecular weight excluding hydrogens is 252 g/mol. The lowest BCUT2D eigenvalue weighted by Gasteiger charge is -2.05. The number of aryl methyl sites for hydroxylation is 1. The summed E-state index contributed by atoms with van der Waals surface area (Å²) >= 11 is 0. The number of aromatic nitrogens is 2. The molecule has 1 N–H and O–H groups in total. The lowest BCUT2D eigenvalue weighted by atomic mass is 10.1. The second kappa shape index (κ2) is 6.69. The van der Waals surface area contributed by atoms with Gasteiger partial charge in [-0.05, 0) is 30.2 Å². The van der Waals surface area contributed by atoms with Crippen LogP contribution in [0.2, 0.25) is 0 Å². The Morgan fingerprint density at radius 3 is 2.95 bits per heavy atom. The molecule has 1 aromatic carbocycles. The minimum Gasteiger partial charge on any atom is -0.395 e. The second-order valence-electron chi connectivity index (χ2n) is 4.50. The van der Waals surface area contributed by atoms with Gasteiger partial charge in [0.15, 0.2) is 0 Å². The zero-order chi connectivity index (χ0) is 14.4. The Balaban J connectivity index is 2.20. The fraction of sp³-hybridized carbons (Fsp3) is 0.250. The molecule has 0 aliphatic heterocycles. The van der Waals surface area contributed by atoms with Crippen LogP contribution in [0.5, 0.6) is 0 Å². The number of aliphatic hydroxyl groups excluding tert-OH is 1. The average Bonchev–Trinajstić information content (AvgIpc) is 2.43. The van der Waals surface area contributed by atoms with Gasteiger partial charge in [0.1, 0.15) is 0 Å². The van der Waals surface area contributed by atoms with E-state index >= 15 is 0 Å². The van der Waals surface area contributed by atoms with Crippen LogP contribution in [0.4, 0.5) is 0 Å². The highest BCUT2D eigenvalue weighted by Gasteiger charge is 2.00. The van der Waals surface area contributed by atoms with Crippen LogP contribution < -0.4 is 5.56 Å². The second-order valence-corrected chi connectivity index (χ2v) is 4.50. The number of nitrogens with zero attached hydrogens (tertiary/aromatic N) is 2. The topological polar surface area (TPSA) is 55.1 Å². The summed E-state index contributed by atoms with van der Waals surface area (Å²) in [5, 5.41) is 12.8. The van der Waals surface area contributed by atoms with Crippen molar-refractivity contribution in [2.75, 3.05) is 6.61 Å². The molecule has 2 rings (SSSR count). The maximum Gasteiger partial charge on any atom is 0.267 e. The molecule has 0 aliphatic rings. The maximum atomic E-state index is 11.8. The van der Waals surface area contributed by atoms with Gasteiger partial charge in [-0.1, -0.05) is 24.0 Å². The van der Waals surface area contributed by atoms with Crippen LogP contribution >= 0.6 is 0 Å². The van der Waals surface area contributed by atoms with Crippen molar-refractivity contribution in [1.29, 1.82) is 0 Å². The minimum absolute atomic E-state index is 0.0649. The molecule has 1 heterocycles. The van der Waals surface area contributed by atoms with Gasteiger partial charge in [0.25, 0.3) is 5.56 Å². The molecule has 0 amide bonds. The van der Waals surface area contributed by atoms with Gasteiger partial charge in [-0.25, -0.2) is 4.68 Å². The zero-order valence-electron chi connectivity index (χ0n) is 11.3. The van der Waals surface area contributed by atoms with Crippen molar-refractivity contribution in [3.8, 4) is 11.8 Å². The quantitative estimate of drug-likeness (QED) is 0.855. The number of aliphatic hydroxyl groups is 1. The van der Waals surface area contributed by atoms with Gasteiger partial charge in [0, 0.05) is 18.1 Å². The van der Waals surface area contributed by atoms with Crippen LogP contribution in [0.15, 0.2) is 41.3 Å². The molecule has 102 valence electrons. The molecular formula is C16H16N2O2. The molecule has 0 spiro atoms. The van der Waals surface area contributed by atoms with Crippen molar-refractivity contribution < 1.29 is 5.11 Å². The molecule has 0 aliphatic carbocycles. The van der Waals surface area contributed by atoms with Crippen molar-refractivity contribution in [3.63, 3.8) is 0 Å². The Bertz CT molecular complexity index is 708. The van der Waals surface area contributed by atoms with Gasteiger partial charge in [-0.15, -0.1) is 0 Å². The third-order valence-electron chi connectivity index (χ3n) is 2.74. The van der Waals surface area contributed by atoms with E-state index in [1.165, 1.54) is 4.68 Å². The van der Waals surface area contributed by atoms with Gasteiger partial charge < -0.3 is 5.11 Å². The van der Waals surface area contributed by atoms with E-state index in [0.29, 0.717) is 13.0 Å². The third-order valence-corrected chi connectivity index (χ3v) is 2.74. The SMILES string of the molecule is Cc1cnn(Cc2cccc(C#CCCO)c2)c(=O)c1. The maximum absolute atomic E-state index is 11.8. The monoisotopic (exact) mass is 268 g/mol. The fourth-order valence-corrected chi connectivity index (χ4v) is 1.78. The van der Waals surface area contributed by atoms with E-state index in [9.17, 15) is 4.79 Å². The van der Waals surface area contributed by atoms with E-state index in [2.05, 4.69) is 16.9 Å². The highest BCUT2D eigenvalue weighted by Crippen LogP contribution is 2.05. The molecule has 0 bridgehead atoms. The van der Waals surface area contributed by atoms with Gasteiger partial charge in [0.2, 0.25) is 0 Å². The summed E-state index contributed by atoms with van der Waals surface area (Å²) in [7, 11) is 0. The van der Waals surface area contributed by atoms with Gasteiger partial charge >= 0.3 is 0 Å². The number of hydrogen-bond acceptors (Lipinski definition) is 3. The largest absolute Gasteiger partial charge is 0.395 e. The van der Waals surface area contributed by atoms with Crippen LogP contribution in [-0.4, -0.2) is 21.5 Å². The van der Waals surface area contributed by atoms with Crippen molar-refractivity contribution in [1.82, 2.24) is 9.78 Å². The summed E-state index contributed by atoms with van der Waals surface area (Å²) in [5.41, 5.74) is 2.59. The molecule has 0 radical (unpaired) electrons. The minimum atomic E-state index is -0.109. The molecule has 20 heavy (non-hydrogen) atoms. The number of rotatable bonds is 3. The molecule has 0 atom stereocenters. The van der Waals surface area contributed by atoms with E-state index in [4.69, 9.17) is 5.11 Å². The lowest BCUT2D eigenvalue weighted by molar-refractivity contribution is 0.305. The van der Waals surface area contributed by atoms with Crippen LogP contribution in [-0.2, 0) is 6.54 Å². The Morgan fingerprint density at radius 2 is 2.20 bits per heavy atom. The van der Waals surface area contributed by atoms with Crippen molar-refractivity contribution in [3.05, 3.63) is 63.6 Å². The van der Waals surface area contributed by atoms with E-state index in [0.717, 1.165) is 16.7 Å². The Kier molecular flexibility index (Phi) is 4.70. The first-order valence-electron chi connectivity index (χ1n) is 6.41. The van der Waals surface area contributed by atoms with Crippen LogP contribution in [0.25, 0.3) is 0 Å². The van der Waals surface area contributed by atoms with Crippen LogP contribution in [0.3, 0.4) is 0 Å². The molecule has 0 saturated carbocycles. The highest BCUT2D eigenvalue weighted by molar-refractivity contribution is 5.37. The summed E-state index contributed by atoms with van der Waals surface area (Å²) in [4.78, 5) is 11.8. The normalized spacial score (nSPS) is 9.90. The molecule has 1 aromatic heterocycles. The zero-order valence-corrected chi connectivity index (χ0v) is 11.3. The molecule has 0 saturated heterocycles. The molecule has 0 fully saturated rings. The van der Waals surface area contributed by atoms with Crippen molar-refractivity contribution in [2.45, 2.75) is 19.9 Å². The predicted octanol–water partition coefficient (Wildman–Crippen LogP) is 1.33. The standard InChI is InChI=1S/C16H16N2O2/c1-13-9-16(20)18(17-11-13)12-15-7-4-6-14(10-15)5-2-3-8-19/h4,6-7,9-11,19H,3,8,12H2,1H3. The van der Waals surface area contributed by atoms with E-state index < -0.39 is 0 Å². The predicted molar refractivity (Wildman–Crippen MR) is 77.4 cm³/mol. The van der Waals surface area contributed by atoms with Crippen LogP contribution in [0.1, 0.15) is 23.1 Å². The summed E-state index contributed by atoms with van der Waals surface area (Å²) in [6, 6.07) is 9.23. The summed E-state index contributed by atoms with van der Waals surface area (Å²) in [5.74, 6) is 5.85. The van der Waals surface area contributed by atoms with Gasteiger partial charge in [-0.2, -0.15) is 5.10 Å². The number of benzene rings is 1. The third kappa shape index (κ3) is 3.81. The van der Waals surface area contributed by atoms with E-state index in [1.54, 1.807) is 12.3 Å². The summed E-state index contributed by atoms with van der Waals surface area (Å²) < 4.78 is 1.42. The fourth-order valence-electron chi connectivity index (χ4n) is 1.78. The Hall–Kier alpha value is -2.38. The molecule has 0 unspecified atom stereocenters. The highest BCUT2D eigenvalue weighted by atomic mass is 16.2.